The van der Waals surface area contributed by atoms with Gasteiger partial charge in [-0.3, -0.25) is 14.4 Å². The van der Waals surface area contributed by atoms with Crippen LogP contribution in [0.15, 0.2) is 4.34 Å². The molecule has 0 aromatic carbocycles. The Morgan fingerprint density at radius 3 is 2.62 bits per heavy atom. The molecule has 2 N–H and O–H groups in total. The Balaban J connectivity index is 1.88. The van der Waals surface area contributed by atoms with E-state index in [2.05, 4.69) is 4.98 Å². The van der Waals surface area contributed by atoms with Gasteiger partial charge in [0.1, 0.15) is 0 Å². The normalized spacial score (nSPS) is 16.3. The molecule has 0 saturated carbocycles. The summed E-state index contributed by atoms with van der Waals surface area (Å²) >= 11 is 2.80. The quantitative estimate of drug-likeness (QED) is 0.554. The third kappa shape index (κ3) is 5.44. The molecular formula is C17H25N3O4S2. The number of thioether (sulfide) groups is 1. The van der Waals surface area contributed by atoms with Crippen molar-refractivity contribution in [3.8, 4) is 0 Å². The Morgan fingerprint density at radius 1 is 1.38 bits per heavy atom. The number of ether oxygens (including phenoxy) is 1. The first kappa shape index (κ1) is 20.7. The fourth-order valence-electron chi connectivity index (χ4n) is 2.83. The SMILES string of the molecule is CCOC(=O)C1CCN(C(=O)C(C)Sc2nc(C)c(CC(N)=O)s2)CC1. The van der Waals surface area contributed by atoms with Crippen molar-refractivity contribution in [2.24, 2.45) is 11.7 Å². The van der Waals surface area contributed by atoms with Crippen molar-refractivity contribution in [2.75, 3.05) is 19.7 Å². The number of hydrogen-bond donors (Lipinski definition) is 1. The summed E-state index contributed by atoms with van der Waals surface area (Å²) in [7, 11) is 0. The lowest BCUT2D eigenvalue weighted by Crippen LogP contribution is -2.43. The topological polar surface area (TPSA) is 103 Å². The van der Waals surface area contributed by atoms with Gasteiger partial charge in [-0.05, 0) is 33.6 Å². The number of nitrogens with two attached hydrogens (primary N) is 1. The van der Waals surface area contributed by atoms with Crippen LogP contribution in [0, 0.1) is 12.8 Å². The number of rotatable bonds is 7. The summed E-state index contributed by atoms with van der Waals surface area (Å²) in [6.07, 6.45) is 1.45. The van der Waals surface area contributed by atoms with E-state index in [1.54, 1.807) is 11.8 Å². The van der Waals surface area contributed by atoms with E-state index in [-0.39, 0.29) is 35.4 Å². The zero-order valence-corrected chi connectivity index (χ0v) is 17.0. The standard InChI is InChI=1S/C17H25N3O4S2/c1-4-24-16(23)12-5-7-20(8-6-12)15(22)11(3)25-17-19-10(2)13(26-17)9-14(18)21/h11-12H,4-9H2,1-3H3,(H2,18,21). The molecule has 26 heavy (non-hydrogen) atoms. The number of carbonyl (C=O) groups excluding carboxylic acids is 3. The predicted molar refractivity (Wildman–Crippen MR) is 101 cm³/mol. The van der Waals surface area contributed by atoms with Crippen molar-refractivity contribution in [3.63, 3.8) is 0 Å². The Kier molecular flexibility index (Phi) is 7.45. The molecular weight excluding hydrogens is 374 g/mol. The van der Waals surface area contributed by atoms with Crippen LogP contribution in [0.25, 0.3) is 0 Å². The maximum Gasteiger partial charge on any atom is 0.309 e. The van der Waals surface area contributed by atoms with E-state index in [1.165, 1.54) is 23.1 Å². The maximum atomic E-state index is 12.7. The van der Waals surface area contributed by atoms with E-state index in [9.17, 15) is 14.4 Å². The Hall–Kier alpha value is -1.61. The van der Waals surface area contributed by atoms with Crippen molar-refractivity contribution in [1.29, 1.82) is 0 Å². The highest BCUT2D eigenvalue weighted by molar-refractivity contribution is 8.02. The molecule has 0 bridgehead atoms. The summed E-state index contributed by atoms with van der Waals surface area (Å²) in [5.74, 6) is -0.620. The second-order valence-electron chi connectivity index (χ2n) is 6.24. The van der Waals surface area contributed by atoms with Crippen LogP contribution in [0.2, 0.25) is 0 Å². The van der Waals surface area contributed by atoms with Crippen LogP contribution in [0.1, 0.15) is 37.3 Å². The number of likely N-dealkylation sites (tertiary alicyclic amines) is 1. The van der Waals surface area contributed by atoms with Gasteiger partial charge in [0, 0.05) is 18.0 Å². The molecule has 0 radical (unpaired) electrons. The van der Waals surface area contributed by atoms with Crippen LogP contribution in [0.3, 0.4) is 0 Å². The second kappa shape index (κ2) is 9.36. The molecule has 2 heterocycles. The number of carbonyl (C=O) groups is 3. The zero-order valence-electron chi connectivity index (χ0n) is 15.3. The Bertz CT molecular complexity index is 669. The molecule has 1 aliphatic rings. The predicted octanol–water partition coefficient (Wildman–Crippen LogP) is 1.76. The fraction of sp³-hybridized carbons (Fsp3) is 0.647. The Labute approximate surface area is 161 Å². The molecule has 1 aromatic heterocycles. The molecule has 1 unspecified atom stereocenters. The number of primary amides is 1. The first-order valence-electron chi connectivity index (χ1n) is 8.68. The number of hydrogen-bond acceptors (Lipinski definition) is 7. The highest BCUT2D eigenvalue weighted by Crippen LogP contribution is 2.32. The molecule has 0 aliphatic carbocycles. The van der Waals surface area contributed by atoms with E-state index in [1.807, 2.05) is 13.8 Å². The lowest BCUT2D eigenvalue weighted by Gasteiger charge is -2.32. The van der Waals surface area contributed by atoms with Crippen molar-refractivity contribution >= 4 is 40.9 Å². The highest BCUT2D eigenvalue weighted by Gasteiger charge is 2.30. The molecule has 1 aliphatic heterocycles. The van der Waals surface area contributed by atoms with Crippen molar-refractivity contribution in [2.45, 2.75) is 49.6 Å². The summed E-state index contributed by atoms with van der Waals surface area (Å²) in [5.41, 5.74) is 6.02. The number of thiazole rings is 1. The Morgan fingerprint density at radius 2 is 2.04 bits per heavy atom. The van der Waals surface area contributed by atoms with Gasteiger partial charge in [-0.25, -0.2) is 4.98 Å². The van der Waals surface area contributed by atoms with Crippen LogP contribution in [-0.2, 0) is 25.5 Å². The van der Waals surface area contributed by atoms with Gasteiger partial charge in [0.25, 0.3) is 0 Å². The molecule has 1 saturated heterocycles. The molecule has 1 aromatic rings. The smallest absolute Gasteiger partial charge is 0.309 e. The minimum Gasteiger partial charge on any atom is -0.466 e. The van der Waals surface area contributed by atoms with Crippen LogP contribution in [0.5, 0.6) is 0 Å². The van der Waals surface area contributed by atoms with Crippen LogP contribution >= 0.6 is 23.1 Å². The number of aromatic nitrogens is 1. The minimum absolute atomic E-state index is 0.0432. The number of amides is 2. The molecule has 1 fully saturated rings. The number of nitrogens with zero attached hydrogens (tertiary/aromatic N) is 2. The van der Waals surface area contributed by atoms with Gasteiger partial charge in [-0.15, -0.1) is 11.3 Å². The molecule has 0 spiro atoms. The van der Waals surface area contributed by atoms with Gasteiger partial charge in [-0.2, -0.15) is 0 Å². The average molecular weight is 400 g/mol. The number of esters is 1. The van der Waals surface area contributed by atoms with Crippen molar-refractivity contribution in [1.82, 2.24) is 9.88 Å². The fourth-order valence-corrected chi connectivity index (χ4v) is 5.30. The van der Waals surface area contributed by atoms with E-state index in [0.29, 0.717) is 32.5 Å². The summed E-state index contributed by atoms with van der Waals surface area (Å²) in [6.45, 7) is 7.01. The molecule has 9 heteroatoms. The molecule has 144 valence electrons. The highest BCUT2D eigenvalue weighted by atomic mass is 32.2. The zero-order chi connectivity index (χ0) is 19.3. The summed E-state index contributed by atoms with van der Waals surface area (Å²) in [4.78, 5) is 42.6. The number of aryl methyl sites for hydroxylation is 1. The van der Waals surface area contributed by atoms with Gasteiger partial charge in [0.2, 0.25) is 11.8 Å². The van der Waals surface area contributed by atoms with Crippen molar-refractivity contribution < 1.29 is 19.1 Å². The van der Waals surface area contributed by atoms with Crippen molar-refractivity contribution in [3.05, 3.63) is 10.6 Å². The van der Waals surface area contributed by atoms with E-state index < -0.39 is 0 Å². The van der Waals surface area contributed by atoms with Gasteiger partial charge in [0.15, 0.2) is 4.34 Å². The van der Waals surface area contributed by atoms with Gasteiger partial charge < -0.3 is 15.4 Å². The monoisotopic (exact) mass is 399 g/mol. The molecule has 7 nitrogen and oxygen atoms in total. The lowest BCUT2D eigenvalue weighted by molar-refractivity contribution is -0.151. The lowest BCUT2D eigenvalue weighted by atomic mass is 9.97. The summed E-state index contributed by atoms with van der Waals surface area (Å²) in [6, 6.07) is 0. The largest absolute Gasteiger partial charge is 0.466 e. The first-order chi connectivity index (χ1) is 12.3. The molecule has 2 rings (SSSR count). The maximum absolute atomic E-state index is 12.7. The van der Waals surface area contributed by atoms with E-state index >= 15 is 0 Å². The third-order valence-electron chi connectivity index (χ3n) is 4.26. The third-order valence-corrected chi connectivity index (χ3v) is 6.60. The molecule has 2 amide bonds. The van der Waals surface area contributed by atoms with Crippen LogP contribution in [0.4, 0.5) is 0 Å². The number of piperidine rings is 1. The van der Waals surface area contributed by atoms with Gasteiger partial charge >= 0.3 is 5.97 Å². The average Bonchev–Trinajstić information content (AvgIpc) is 2.93. The van der Waals surface area contributed by atoms with Gasteiger partial charge in [-0.1, -0.05) is 11.8 Å². The minimum atomic E-state index is -0.387. The second-order valence-corrected chi connectivity index (χ2v) is 8.91. The van der Waals surface area contributed by atoms with Crippen LogP contribution < -0.4 is 5.73 Å². The van der Waals surface area contributed by atoms with E-state index in [0.717, 1.165) is 14.9 Å². The van der Waals surface area contributed by atoms with Gasteiger partial charge in [0.05, 0.1) is 29.9 Å². The van der Waals surface area contributed by atoms with E-state index in [4.69, 9.17) is 10.5 Å². The summed E-state index contributed by atoms with van der Waals surface area (Å²) in [5, 5.41) is -0.277. The molecule has 1 atom stereocenters. The first-order valence-corrected chi connectivity index (χ1v) is 10.4. The van der Waals surface area contributed by atoms with Crippen LogP contribution in [-0.4, -0.2) is 52.6 Å². The summed E-state index contributed by atoms with van der Waals surface area (Å²) < 4.78 is 5.82.